The number of allylic oxidation sites excluding steroid dienone is 2. The van der Waals surface area contributed by atoms with E-state index in [4.69, 9.17) is 0 Å². The van der Waals surface area contributed by atoms with Crippen LogP contribution in [-0.2, 0) is 17.9 Å². The molecule has 5 heterocycles. The average Bonchev–Trinajstić information content (AvgIpc) is 3.61. The molecule has 4 aromatic rings. The Bertz CT molecular complexity index is 1690. The highest BCUT2D eigenvalue weighted by Crippen LogP contribution is 2.42. The van der Waals surface area contributed by atoms with E-state index in [1.54, 1.807) is 18.3 Å². The topological polar surface area (TPSA) is 66.1 Å². The first-order valence-electron chi connectivity index (χ1n) is 14.1. The van der Waals surface area contributed by atoms with Crippen LogP contribution in [0.3, 0.4) is 0 Å². The number of pyridine rings is 1. The van der Waals surface area contributed by atoms with Crippen molar-refractivity contribution in [3.05, 3.63) is 71.6 Å². The summed E-state index contributed by atoms with van der Waals surface area (Å²) in [6.07, 6.45) is 8.68. The Balaban J connectivity index is 1.26. The molecule has 3 aliphatic rings. The number of amides is 2. The second-order valence-corrected chi connectivity index (χ2v) is 11.4. The second-order valence-electron chi connectivity index (χ2n) is 11.4. The van der Waals surface area contributed by atoms with E-state index in [0.717, 1.165) is 64.9 Å². The summed E-state index contributed by atoms with van der Waals surface area (Å²) in [5, 5.41) is 0.798. The van der Waals surface area contributed by atoms with E-state index in [1.807, 2.05) is 38.6 Å². The molecule has 0 atom stereocenters. The van der Waals surface area contributed by atoms with Crippen LogP contribution in [0.15, 0.2) is 48.9 Å². The number of aromatic nitrogens is 3. The molecule has 0 saturated carbocycles. The Morgan fingerprint density at radius 3 is 2.67 bits per heavy atom. The van der Waals surface area contributed by atoms with Gasteiger partial charge in [-0.05, 0) is 68.8 Å². The zero-order valence-electron chi connectivity index (χ0n) is 22.9. The molecule has 3 aromatic heterocycles. The smallest absolute Gasteiger partial charge is 0.320 e. The van der Waals surface area contributed by atoms with Crippen molar-refractivity contribution in [1.82, 2.24) is 28.7 Å². The fourth-order valence-electron chi connectivity index (χ4n) is 6.82. The van der Waals surface area contributed by atoms with Gasteiger partial charge in [-0.2, -0.15) is 0 Å². The Morgan fingerprint density at radius 1 is 1.05 bits per heavy atom. The summed E-state index contributed by atoms with van der Waals surface area (Å²) in [6, 6.07) is 9.43. The van der Waals surface area contributed by atoms with Gasteiger partial charge in [0.25, 0.3) is 0 Å². The second kappa shape index (κ2) is 9.59. The number of urea groups is 1. The number of ketones is 1. The molecule has 0 unspecified atom stereocenters. The first kappa shape index (κ1) is 25.0. The van der Waals surface area contributed by atoms with Crippen LogP contribution in [0.4, 0.5) is 9.18 Å². The number of halogens is 1. The molecule has 7 rings (SSSR count). The van der Waals surface area contributed by atoms with Gasteiger partial charge in [0.2, 0.25) is 0 Å². The molecule has 0 N–H and O–H groups in total. The summed E-state index contributed by atoms with van der Waals surface area (Å²) >= 11 is 0. The van der Waals surface area contributed by atoms with Crippen molar-refractivity contribution < 1.29 is 14.0 Å². The third kappa shape index (κ3) is 4.02. The van der Waals surface area contributed by atoms with Crippen LogP contribution in [0.2, 0.25) is 0 Å². The molecule has 2 amide bonds. The minimum absolute atomic E-state index is 0.0274. The minimum atomic E-state index is -0.330. The van der Waals surface area contributed by atoms with Gasteiger partial charge in [-0.1, -0.05) is 6.07 Å². The lowest BCUT2D eigenvalue weighted by atomic mass is 9.98. The monoisotopic (exact) mass is 540 g/mol. The van der Waals surface area contributed by atoms with Gasteiger partial charge in [0.05, 0.1) is 17.4 Å². The minimum Gasteiger partial charge on any atom is -0.345 e. The fourth-order valence-corrected chi connectivity index (χ4v) is 6.82. The highest BCUT2D eigenvalue weighted by Gasteiger charge is 2.32. The molecule has 1 fully saturated rings. The van der Waals surface area contributed by atoms with E-state index >= 15 is 4.39 Å². The molecule has 0 bridgehead atoms. The molecule has 8 nitrogen and oxygen atoms in total. The van der Waals surface area contributed by atoms with Crippen molar-refractivity contribution in [3.8, 4) is 0 Å². The van der Waals surface area contributed by atoms with Crippen LogP contribution in [-0.4, -0.2) is 80.2 Å². The Labute approximate surface area is 232 Å². The standard InChI is InChI=1S/C31H33FN6O2/c1-34(2)22-8-11-35(12-9-22)31(40)37-14-13-36-19-25(24-16-21(32)15-20(18-37)30(24)36)23-6-7-27(39)29(23)26-17-33-28-5-3-4-10-38(26)28/h3-5,10,15-17,19,22H,6-9,11-14,18H2,1-2H3. The van der Waals surface area contributed by atoms with E-state index in [2.05, 4.69) is 34.7 Å². The van der Waals surface area contributed by atoms with Gasteiger partial charge in [-0.25, -0.2) is 14.2 Å². The molecule has 9 heteroatoms. The van der Waals surface area contributed by atoms with Crippen LogP contribution in [0.1, 0.15) is 42.5 Å². The van der Waals surface area contributed by atoms with Crippen LogP contribution >= 0.6 is 0 Å². The maximum Gasteiger partial charge on any atom is 0.320 e. The number of rotatable bonds is 3. The summed E-state index contributed by atoms with van der Waals surface area (Å²) in [5.74, 6) is -0.246. The van der Waals surface area contributed by atoms with E-state index in [-0.39, 0.29) is 17.6 Å². The van der Waals surface area contributed by atoms with Gasteiger partial charge in [0.15, 0.2) is 5.78 Å². The van der Waals surface area contributed by atoms with Crippen molar-refractivity contribution in [1.29, 1.82) is 0 Å². The lowest BCUT2D eigenvalue weighted by Crippen LogP contribution is -2.49. The lowest BCUT2D eigenvalue weighted by Gasteiger charge is -2.37. The van der Waals surface area contributed by atoms with Crippen molar-refractivity contribution in [2.75, 3.05) is 33.7 Å². The largest absolute Gasteiger partial charge is 0.345 e. The number of imidazole rings is 1. The van der Waals surface area contributed by atoms with Gasteiger partial charge in [0.1, 0.15) is 11.5 Å². The van der Waals surface area contributed by atoms with Gasteiger partial charge in [0, 0.05) is 74.1 Å². The Morgan fingerprint density at radius 2 is 1.88 bits per heavy atom. The SMILES string of the molecule is CN(C)C1CCN(C(=O)N2CCn3cc(C4=C(c5cnc6ccccn56)C(=O)CC4)c4cc(F)cc(c43)C2)CC1. The van der Waals surface area contributed by atoms with Gasteiger partial charge < -0.3 is 19.3 Å². The molecular weight excluding hydrogens is 507 g/mol. The highest BCUT2D eigenvalue weighted by molar-refractivity contribution is 6.31. The van der Waals surface area contributed by atoms with Crippen molar-refractivity contribution in [2.45, 2.75) is 44.8 Å². The lowest BCUT2D eigenvalue weighted by molar-refractivity contribution is -0.113. The van der Waals surface area contributed by atoms with E-state index < -0.39 is 0 Å². The molecule has 2 aliphatic heterocycles. The van der Waals surface area contributed by atoms with E-state index in [0.29, 0.717) is 44.1 Å². The number of carbonyl (C=O) groups excluding carboxylic acids is 2. The number of fused-ring (bicyclic) bond motifs is 1. The third-order valence-electron chi connectivity index (χ3n) is 8.90. The predicted molar refractivity (Wildman–Crippen MR) is 152 cm³/mol. The Hall–Kier alpha value is -3.98. The maximum absolute atomic E-state index is 15.1. The number of piperidine rings is 1. The number of hydrogen-bond acceptors (Lipinski definition) is 4. The first-order valence-corrected chi connectivity index (χ1v) is 14.1. The van der Waals surface area contributed by atoms with Crippen molar-refractivity contribution in [3.63, 3.8) is 0 Å². The number of likely N-dealkylation sites (tertiary alicyclic amines) is 1. The molecular formula is C31H33FN6O2. The van der Waals surface area contributed by atoms with Crippen LogP contribution in [0.5, 0.6) is 0 Å². The summed E-state index contributed by atoms with van der Waals surface area (Å²) in [7, 11) is 4.18. The van der Waals surface area contributed by atoms with Crippen molar-refractivity contribution >= 4 is 39.5 Å². The van der Waals surface area contributed by atoms with Gasteiger partial charge >= 0.3 is 6.03 Å². The van der Waals surface area contributed by atoms with Crippen LogP contribution < -0.4 is 0 Å². The Kier molecular flexibility index (Phi) is 6.00. The van der Waals surface area contributed by atoms with E-state index in [1.165, 1.54) is 0 Å². The molecule has 1 saturated heterocycles. The predicted octanol–water partition coefficient (Wildman–Crippen LogP) is 4.66. The molecule has 1 aromatic carbocycles. The maximum atomic E-state index is 15.1. The summed E-state index contributed by atoms with van der Waals surface area (Å²) in [6.45, 7) is 3.00. The van der Waals surface area contributed by atoms with Gasteiger partial charge in [-0.3, -0.25) is 9.20 Å². The molecule has 0 spiro atoms. The summed E-state index contributed by atoms with van der Waals surface area (Å²) in [5.41, 5.74) is 5.80. The number of benzene rings is 1. The zero-order valence-corrected chi connectivity index (χ0v) is 22.9. The van der Waals surface area contributed by atoms with Gasteiger partial charge in [-0.15, -0.1) is 0 Å². The highest BCUT2D eigenvalue weighted by atomic mass is 19.1. The average molecular weight is 541 g/mol. The number of Topliss-reactive ketones (excluding diaryl/α,β-unsaturated/α-hetero) is 1. The molecule has 0 radical (unpaired) electrons. The van der Waals surface area contributed by atoms with E-state index in [9.17, 15) is 9.59 Å². The quantitative estimate of drug-likeness (QED) is 0.379. The summed E-state index contributed by atoms with van der Waals surface area (Å²) < 4.78 is 19.2. The number of hydrogen-bond donors (Lipinski definition) is 0. The molecule has 1 aliphatic carbocycles. The number of carbonyl (C=O) groups is 2. The molecule has 40 heavy (non-hydrogen) atoms. The van der Waals surface area contributed by atoms with Crippen molar-refractivity contribution in [2.24, 2.45) is 0 Å². The number of nitrogens with zero attached hydrogens (tertiary/aromatic N) is 6. The molecule has 206 valence electrons. The summed E-state index contributed by atoms with van der Waals surface area (Å²) in [4.78, 5) is 37.3. The third-order valence-corrected chi connectivity index (χ3v) is 8.90. The first-order chi connectivity index (χ1) is 19.4. The van der Waals surface area contributed by atoms with Crippen LogP contribution in [0, 0.1) is 5.82 Å². The zero-order chi connectivity index (χ0) is 27.5. The normalized spacial score (nSPS) is 18.6. The van der Waals surface area contributed by atoms with Crippen LogP contribution in [0.25, 0.3) is 27.7 Å². The fraction of sp³-hybridized carbons (Fsp3) is 0.387.